The molecule has 0 saturated carbocycles. The summed E-state index contributed by atoms with van der Waals surface area (Å²) >= 11 is 5.90. The van der Waals surface area contributed by atoms with Gasteiger partial charge in [0, 0.05) is 23.0 Å². The number of anilines is 1. The number of amides is 1. The zero-order valence-electron chi connectivity index (χ0n) is 15.1. The predicted octanol–water partition coefficient (Wildman–Crippen LogP) is 4.44. The molecule has 0 radical (unpaired) electrons. The summed E-state index contributed by atoms with van der Waals surface area (Å²) in [6.07, 6.45) is 1.58. The highest BCUT2D eigenvalue weighted by Crippen LogP contribution is 2.31. The number of hydrogen-bond donors (Lipinski definition) is 1. The molecule has 1 N–H and O–H groups in total. The predicted molar refractivity (Wildman–Crippen MR) is 102 cm³/mol. The van der Waals surface area contributed by atoms with Crippen LogP contribution in [0.5, 0.6) is 17.2 Å². The number of carbonyl (C=O) groups is 1. The maximum Gasteiger partial charge on any atom is 0.387 e. The van der Waals surface area contributed by atoms with Crippen molar-refractivity contribution in [1.82, 2.24) is 9.78 Å². The molecule has 152 valence electrons. The van der Waals surface area contributed by atoms with Crippen LogP contribution < -0.4 is 19.5 Å². The molecule has 1 amide bonds. The zero-order valence-corrected chi connectivity index (χ0v) is 15.9. The number of nitrogens with zero attached hydrogens (tertiary/aromatic N) is 2. The topological polar surface area (TPSA) is 74.6 Å². The van der Waals surface area contributed by atoms with Gasteiger partial charge in [-0.25, -0.2) is 4.68 Å². The Bertz CT molecular complexity index is 997. The molecule has 2 aromatic carbocycles. The Morgan fingerprint density at radius 3 is 2.76 bits per heavy atom. The van der Waals surface area contributed by atoms with Crippen molar-refractivity contribution in [3.8, 4) is 17.2 Å². The van der Waals surface area contributed by atoms with Crippen LogP contribution in [0.4, 0.5) is 14.5 Å². The molecular weight excluding hydrogens is 408 g/mol. The summed E-state index contributed by atoms with van der Waals surface area (Å²) < 4.78 is 41.1. The minimum absolute atomic E-state index is 0.0588. The van der Waals surface area contributed by atoms with E-state index in [1.54, 1.807) is 30.5 Å². The second kappa shape index (κ2) is 9.24. The molecule has 0 unspecified atom stereocenters. The fraction of sp³-hybridized carbons (Fsp3) is 0.158. The lowest BCUT2D eigenvalue weighted by molar-refractivity contribution is -0.0512. The largest absolute Gasteiger partial charge is 0.493 e. The van der Waals surface area contributed by atoms with Crippen LogP contribution in [-0.2, 0) is 6.73 Å². The Morgan fingerprint density at radius 2 is 2.03 bits per heavy atom. The summed E-state index contributed by atoms with van der Waals surface area (Å²) in [5, 5.41) is 7.29. The van der Waals surface area contributed by atoms with Gasteiger partial charge >= 0.3 is 6.61 Å². The fourth-order valence-corrected chi connectivity index (χ4v) is 2.57. The molecule has 10 heteroatoms. The highest BCUT2D eigenvalue weighted by molar-refractivity contribution is 6.30. The average molecular weight is 424 g/mol. The molecule has 7 nitrogen and oxygen atoms in total. The van der Waals surface area contributed by atoms with E-state index in [1.165, 1.54) is 36.1 Å². The van der Waals surface area contributed by atoms with Gasteiger partial charge in [0.2, 0.25) is 0 Å². The number of carbonyl (C=O) groups excluding carboxylic acids is 1. The van der Waals surface area contributed by atoms with Crippen LogP contribution in [0.15, 0.2) is 54.7 Å². The first-order valence-electron chi connectivity index (χ1n) is 8.30. The molecule has 0 spiro atoms. The number of ether oxygens (including phenoxy) is 3. The molecule has 29 heavy (non-hydrogen) atoms. The lowest BCUT2D eigenvalue weighted by Gasteiger charge is -2.11. The Hall–Kier alpha value is -3.33. The van der Waals surface area contributed by atoms with Gasteiger partial charge in [0.05, 0.1) is 7.11 Å². The molecule has 1 aromatic heterocycles. The van der Waals surface area contributed by atoms with Crippen molar-refractivity contribution in [2.45, 2.75) is 13.3 Å². The van der Waals surface area contributed by atoms with Gasteiger partial charge in [-0.2, -0.15) is 13.9 Å². The summed E-state index contributed by atoms with van der Waals surface area (Å²) in [5.74, 6) is -0.000202. The second-order valence-corrected chi connectivity index (χ2v) is 6.11. The van der Waals surface area contributed by atoms with Gasteiger partial charge in [-0.3, -0.25) is 4.79 Å². The molecule has 0 aliphatic rings. The molecular formula is C19H16ClF2N3O4. The van der Waals surface area contributed by atoms with Crippen molar-refractivity contribution in [2.75, 3.05) is 12.4 Å². The molecule has 0 fully saturated rings. The number of nitrogens with one attached hydrogen (secondary N) is 1. The van der Waals surface area contributed by atoms with Crippen molar-refractivity contribution in [2.24, 2.45) is 0 Å². The maximum absolute atomic E-state index is 12.4. The average Bonchev–Trinajstić information content (AvgIpc) is 3.16. The summed E-state index contributed by atoms with van der Waals surface area (Å²) in [5.41, 5.74) is 0.477. The zero-order chi connectivity index (χ0) is 20.8. The van der Waals surface area contributed by atoms with E-state index >= 15 is 0 Å². The lowest BCUT2D eigenvalue weighted by atomic mass is 10.2. The number of rotatable bonds is 8. The molecule has 3 rings (SSSR count). The third-order valence-corrected chi connectivity index (χ3v) is 3.91. The Labute approximate surface area is 169 Å². The first-order chi connectivity index (χ1) is 13.9. The van der Waals surface area contributed by atoms with Gasteiger partial charge in [0.1, 0.15) is 5.75 Å². The van der Waals surface area contributed by atoms with Gasteiger partial charge in [-0.1, -0.05) is 17.7 Å². The quantitative estimate of drug-likeness (QED) is 0.580. The molecule has 0 aliphatic heterocycles. The standard InChI is InChI=1S/C19H16ClF2N3O4/c1-27-17-10-13(5-6-16(17)29-19(21)22)23-18(26)15-7-8-25(24-15)11-28-14-4-2-3-12(20)9-14/h2-10,19H,11H2,1H3,(H,23,26). The van der Waals surface area contributed by atoms with Crippen LogP contribution in [0.1, 0.15) is 10.5 Å². The number of benzene rings is 2. The van der Waals surface area contributed by atoms with Gasteiger partial charge in [0.25, 0.3) is 5.91 Å². The van der Waals surface area contributed by atoms with E-state index in [4.69, 9.17) is 21.1 Å². The summed E-state index contributed by atoms with van der Waals surface area (Å²) in [6, 6.07) is 12.5. The normalized spacial score (nSPS) is 10.7. The fourth-order valence-electron chi connectivity index (χ4n) is 2.39. The molecule has 0 atom stereocenters. The van der Waals surface area contributed by atoms with Crippen molar-refractivity contribution >= 4 is 23.2 Å². The molecule has 0 bridgehead atoms. The summed E-state index contributed by atoms with van der Waals surface area (Å²) in [4.78, 5) is 12.4. The van der Waals surface area contributed by atoms with Crippen LogP contribution in [0.25, 0.3) is 0 Å². The van der Waals surface area contributed by atoms with E-state index in [0.29, 0.717) is 16.5 Å². The minimum Gasteiger partial charge on any atom is -0.493 e. The first-order valence-corrected chi connectivity index (χ1v) is 8.68. The number of aromatic nitrogens is 2. The van der Waals surface area contributed by atoms with E-state index in [2.05, 4.69) is 15.2 Å². The third-order valence-electron chi connectivity index (χ3n) is 3.67. The number of hydrogen-bond acceptors (Lipinski definition) is 5. The van der Waals surface area contributed by atoms with Gasteiger partial charge in [-0.05, 0) is 36.4 Å². The Morgan fingerprint density at radius 1 is 1.21 bits per heavy atom. The smallest absolute Gasteiger partial charge is 0.387 e. The summed E-state index contributed by atoms with van der Waals surface area (Å²) in [6.45, 7) is -2.90. The summed E-state index contributed by atoms with van der Waals surface area (Å²) in [7, 11) is 1.31. The number of halogens is 3. The number of alkyl halides is 2. The third kappa shape index (κ3) is 5.58. The van der Waals surface area contributed by atoms with Crippen molar-refractivity contribution in [3.63, 3.8) is 0 Å². The number of methoxy groups -OCH3 is 1. The van der Waals surface area contributed by atoms with Crippen molar-refractivity contribution < 1.29 is 27.8 Å². The van der Waals surface area contributed by atoms with Gasteiger partial charge in [-0.15, -0.1) is 0 Å². The molecule has 1 heterocycles. The van der Waals surface area contributed by atoms with Crippen LogP contribution in [0.2, 0.25) is 5.02 Å². The Kier molecular flexibility index (Phi) is 6.50. The Balaban J connectivity index is 1.62. The maximum atomic E-state index is 12.4. The van der Waals surface area contributed by atoms with E-state index in [9.17, 15) is 13.6 Å². The van der Waals surface area contributed by atoms with Crippen LogP contribution in [0, 0.1) is 0 Å². The second-order valence-electron chi connectivity index (χ2n) is 5.67. The lowest BCUT2D eigenvalue weighted by Crippen LogP contribution is -2.14. The van der Waals surface area contributed by atoms with E-state index in [0.717, 1.165) is 0 Å². The highest BCUT2D eigenvalue weighted by Gasteiger charge is 2.14. The van der Waals surface area contributed by atoms with Crippen LogP contribution >= 0.6 is 11.6 Å². The monoisotopic (exact) mass is 423 g/mol. The van der Waals surface area contributed by atoms with Crippen LogP contribution in [0.3, 0.4) is 0 Å². The van der Waals surface area contributed by atoms with Crippen molar-refractivity contribution in [1.29, 1.82) is 0 Å². The van der Waals surface area contributed by atoms with E-state index in [1.807, 2.05) is 0 Å². The molecule has 0 aliphatic carbocycles. The minimum atomic E-state index is -2.98. The van der Waals surface area contributed by atoms with Gasteiger partial charge in [0.15, 0.2) is 23.9 Å². The van der Waals surface area contributed by atoms with Gasteiger partial charge < -0.3 is 19.5 Å². The molecule has 0 saturated heterocycles. The van der Waals surface area contributed by atoms with E-state index < -0.39 is 12.5 Å². The van der Waals surface area contributed by atoms with Crippen molar-refractivity contribution in [3.05, 3.63) is 65.4 Å². The van der Waals surface area contributed by atoms with Crippen LogP contribution in [-0.4, -0.2) is 29.4 Å². The first kappa shape index (κ1) is 20.4. The molecule has 3 aromatic rings. The SMILES string of the molecule is COc1cc(NC(=O)c2ccn(COc3cccc(Cl)c3)n2)ccc1OC(F)F. The van der Waals surface area contributed by atoms with E-state index in [-0.39, 0.29) is 23.9 Å². The highest BCUT2D eigenvalue weighted by atomic mass is 35.5.